The molecule has 1 heterocycles. The minimum absolute atomic E-state index is 0.147. The number of nitrogens with zero attached hydrogens (tertiary/aromatic N) is 1. The van der Waals surface area contributed by atoms with Gasteiger partial charge < -0.3 is 19.5 Å². The Kier molecular flexibility index (Phi) is 5.84. The van der Waals surface area contributed by atoms with Crippen LogP contribution in [0.4, 0.5) is 0 Å². The third kappa shape index (κ3) is 4.09. The van der Waals surface area contributed by atoms with E-state index in [0.717, 1.165) is 18.8 Å². The molecular formula is C20H24ClNO3. The molecule has 5 heteroatoms. The number of rotatable bonds is 6. The van der Waals surface area contributed by atoms with E-state index in [2.05, 4.69) is 30.1 Å². The van der Waals surface area contributed by atoms with Gasteiger partial charge in [-0.3, -0.25) is 0 Å². The normalized spacial score (nSPS) is 17.2. The number of methoxy groups -OCH3 is 1. The number of hydrogen-bond donors (Lipinski definition) is 1. The Morgan fingerprint density at radius 3 is 2.80 bits per heavy atom. The van der Waals surface area contributed by atoms with Crippen LogP contribution in [0.5, 0.6) is 11.5 Å². The highest BCUT2D eigenvalue weighted by molar-refractivity contribution is 6.32. The molecule has 0 radical (unpaired) electrons. The average Bonchev–Trinajstić information content (AvgIpc) is 2.61. The van der Waals surface area contributed by atoms with Crippen molar-refractivity contribution >= 4 is 11.6 Å². The number of benzene rings is 2. The second-order valence-electron chi connectivity index (χ2n) is 6.43. The van der Waals surface area contributed by atoms with Crippen molar-refractivity contribution in [2.24, 2.45) is 0 Å². The number of aliphatic hydroxyl groups is 1. The van der Waals surface area contributed by atoms with Gasteiger partial charge in [0.15, 0.2) is 0 Å². The van der Waals surface area contributed by atoms with Crippen molar-refractivity contribution in [3.63, 3.8) is 0 Å². The van der Waals surface area contributed by atoms with E-state index in [1.807, 2.05) is 18.2 Å². The Hall–Kier alpha value is -1.75. The first kappa shape index (κ1) is 18.1. The molecule has 0 fully saturated rings. The van der Waals surface area contributed by atoms with Crippen LogP contribution in [0.3, 0.4) is 0 Å². The SMILES string of the molecule is COc1ccc(C2CN(C)Cc3cc(OCCCO)ccc32)cc1Cl. The maximum atomic E-state index is 8.89. The summed E-state index contributed by atoms with van der Waals surface area (Å²) < 4.78 is 11.0. The van der Waals surface area contributed by atoms with Crippen LogP contribution in [0.25, 0.3) is 0 Å². The molecule has 4 nitrogen and oxygen atoms in total. The lowest BCUT2D eigenvalue weighted by Crippen LogP contribution is -2.31. The molecule has 3 rings (SSSR count). The van der Waals surface area contributed by atoms with Gasteiger partial charge in [0.1, 0.15) is 11.5 Å². The van der Waals surface area contributed by atoms with Crippen molar-refractivity contribution in [3.05, 3.63) is 58.1 Å². The largest absolute Gasteiger partial charge is 0.495 e. The highest BCUT2D eigenvalue weighted by Crippen LogP contribution is 2.37. The van der Waals surface area contributed by atoms with Crippen LogP contribution in [-0.4, -0.2) is 43.9 Å². The fraction of sp³-hybridized carbons (Fsp3) is 0.400. The van der Waals surface area contributed by atoms with E-state index in [4.69, 9.17) is 26.2 Å². The van der Waals surface area contributed by atoms with Gasteiger partial charge in [-0.15, -0.1) is 0 Å². The minimum Gasteiger partial charge on any atom is -0.495 e. The summed E-state index contributed by atoms with van der Waals surface area (Å²) in [6.45, 7) is 2.52. The van der Waals surface area contributed by atoms with Crippen LogP contribution in [0.15, 0.2) is 36.4 Å². The zero-order valence-electron chi connectivity index (χ0n) is 14.7. The highest BCUT2D eigenvalue weighted by atomic mass is 35.5. The Labute approximate surface area is 153 Å². The lowest BCUT2D eigenvalue weighted by Gasteiger charge is -2.33. The van der Waals surface area contributed by atoms with Crippen LogP contribution in [0.1, 0.15) is 29.0 Å². The number of aliphatic hydroxyl groups excluding tert-OH is 1. The van der Waals surface area contributed by atoms with Crippen molar-refractivity contribution in [3.8, 4) is 11.5 Å². The summed E-state index contributed by atoms with van der Waals surface area (Å²) in [6, 6.07) is 12.3. The van der Waals surface area contributed by atoms with Gasteiger partial charge in [0, 0.05) is 32.0 Å². The van der Waals surface area contributed by atoms with Crippen LogP contribution >= 0.6 is 11.6 Å². The molecule has 134 valence electrons. The maximum Gasteiger partial charge on any atom is 0.137 e. The molecule has 0 saturated carbocycles. The molecule has 0 aliphatic carbocycles. The Morgan fingerprint density at radius 1 is 1.24 bits per heavy atom. The second-order valence-corrected chi connectivity index (χ2v) is 6.84. The molecule has 0 saturated heterocycles. The van der Waals surface area contributed by atoms with E-state index in [1.165, 1.54) is 16.7 Å². The summed E-state index contributed by atoms with van der Waals surface area (Å²) in [4.78, 5) is 2.31. The Bertz CT molecular complexity index is 735. The molecule has 1 aliphatic heterocycles. The fourth-order valence-corrected chi connectivity index (χ4v) is 3.62. The smallest absolute Gasteiger partial charge is 0.137 e. The molecule has 1 atom stereocenters. The predicted molar refractivity (Wildman–Crippen MR) is 99.8 cm³/mol. The molecule has 1 N–H and O–H groups in total. The summed E-state index contributed by atoms with van der Waals surface area (Å²) in [5.74, 6) is 1.82. The predicted octanol–water partition coefficient (Wildman–Crippen LogP) is 3.69. The second kappa shape index (κ2) is 8.09. The molecule has 0 aromatic heterocycles. The van der Waals surface area contributed by atoms with Gasteiger partial charge in [0.05, 0.1) is 18.7 Å². The van der Waals surface area contributed by atoms with E-state index >= 15 is 0 Å². The summed E-state index contributed by atoms with van der Waals surface area (Å²) in [5, 5.41) is 9.52. The van der Waals surface area contributed by atoms with Gasteiger partial charge in [-0.25, -0.2) is 0 Å². The van der Waals surface area contributed by atoms with Gasteiger partial charge in [0.2, 0.25) is 0 Å². The van der Waals surface area contributed by atoms with E-state index in [0.29, 0.717) is 23.8 Å². The molecule has 2 aromatic rings. The number of halogens is 1. The van der Waals surface area contributed by atoms with Crippen LogP contribution in [0, 0.1) is 0 Å². The zero-order chi connectivity index (χ0) is 17.8. The average molecular weight is 362 g/mol. The molecule has 0 amide bonds. The molecule has 1 aliphatic rings. The number of fused-ring (bicyclic) bond motifs is 1. The standard InChI is InChI=1S/C20H24ClNO3/c1-22-12-15-10-16(25-9-3-8-23)5-6-17(15)18(13-22)14-4-7-20(24-2)19(21)11-14/h4-7,10-11,18,23H,3,8-9,12-13H2,1-2H3. The highest BCUT2D eigenvalue weighted by Gasteiger charge is 2.25. The Morgan fingerprint density at radius 2 is 2.08 bits per heavy atom. The monoisotopic (exact) mass is 361 g/mol. The fourth-order valence-electron chi connectivity index (χ4n) is 3.35. The van der Waals surface area contributed by atoms with Crippen molar-refractivity contribution in [1.82, 2.24) is 4.90 Å². The zero-order valence-corrected chi connectivity index (χ0v) is 15.4. The van der Waals surface area contributed by atoms with E-state index in [1.54, 1.807) is 7.11 Å². The van der Waals surface area contributed by atoms with Gasteiger partial charge in [-0.2, -0.15) is 0 Å². The van der Waals surface area contributed by atoms with Crippen LogP contribution in [0.2, 0.25) is 5.02 Å². The van der Waals surface area contributed by atoms with Crippen molar-refractivity contribution in [2.75, 3.05) is 33.9 Å². The summed E-state index contributed by atoms with van der Waals surface area (Å²) in [7, 11) is 3.75. The van der Waals surface area contributed by atoms with Gasteiger partial charge >= 0.3 is 0 Å². The molecular weight excluding hydrogens is 338 g/mol. The lowest BCUT2D eigenvalue weighted by molar-refractivity contribution is 0.233. The first-order valence-electron chi connectivity index (χ1n) is 8.51. The van der Waals surface area contributed by atoms with Crippen molar-refractivity contribution < 1.29 is 14.6 Å². The van der Waals surface area contributed by atoms with Crippen molar-refractivity contribution in [1.29, 1.82) is 0 Å². The summed E-state index contributed by atoms with van der Waals surface area (Å²) >= 11 is 6.33. The molecule has 2 aromatic carbocycles. The number of ether oxygens (including phenoxy) is 2. The van der Waals surface area contributed by atoms with E-state index < -0.39 is 0 Å². The van der Waals surface area contributed by atoms with Gasteiger partial charge in [-0.05, 0) is 48.0 Å². The number of likely N-dealkylation sites (N-methyl/N-ethyl adjacent to an activating group) is 1. The lowest BCUT2D eigenvalue weighted by atomic mass is 9.84. The van der Waals surface area contributed by atoms with E-state index in [-0.39, 0.29) is 12.5 Å². The summed E-state index contributed by atoms with van der Waals surface area (Å²) in [6.07, 6.45) is 0.643. The Balaban J connectivity index is 1.89. The van der Waals surface area contributed by atoms with Gasteiger partial charge in [-0.1, -0.05) is 23.7 Å². The third-order valence-corrected chi connectivity index (χ3v) is 4.87. The summed E-state index contributed by atoms with van der Waals surface area (Å²) in [5.41, 5.74) is 3.77. The van der Waals surface area contributed by atoms with Crippen molar-refractivity contribution in [2.45, 2.75) is 18.9 Å². The first-order chi connectivity index (χ1) is 12.1. The number of hydrogen-bond acceptors (Lipinski definition) is 4. The maximum absolute atomic E-state index is 8.89. The van der Waals surface area contributed by atoms with E-state index in [9.17, 15) is 0 Å². The van der Waals surface area contributed by atoms with Gasteiger partial charge in [0.25, 0.3) is 0 Å². The molecule has 0 spiro atoms. The minimum atomic E-state index is 0.147. The first-order valence-corrected chi connectivity index (χ1v) is 8.88. The molecule has 0 bridgehead atoms. The molecule has 25 heavy (non-hydrogen) atoms. The van der Waals surface area contributed by atoms with Crippen LogP contribution < -0.4 is 9.47 Å². The molecule has 1 unspecified atom stereocenters. The quantitative estimate of drug-likeness (QED) is 0.797. The third-order valence-electron chi connectivity index (χ3n) is 4.57. The van der Waals surface area contributed by atoms with Crippen LogP contribution in [-0.2, 0) is 6.54 Å². The topological polar surface area (TPSA) is 41.9 Å².